The number of amides is 1. The number of aryl methyl sites for hydroxylation is 1. The lowest BCUT2D eigenvalue weighted by Crippen LogP contribution is -2.24. The van der Waals surface area contributed by atoms with Crippen molar-refractivity contribution >= 4 is 34.4 Å². The van der Waals surface area contributed by atoms with Crippen molar-refractivity contribution in [1.29, 1.82) is 0 Å². The van der Waals surface area contributed by atoms with Gasteiger partial charge in [0.2, 0.25) is 5.95 Å². The van der Waals surface area contributed by atoms with Crippen LogP contribution in [0, 0.1) is 6.92 Å². The zero-order valence-electron chi connectivity index (χ0n) is 18.2. The minimum atomic E-state index is -0.815. The number of aliphatic hydroxyl groups excluding tert-OH is 2. The van der Waals surface area contributed by atoms with E-state index in [-0.39, 0.29) is 25.6 Å². The molecule has 12 heteroatoms. The first-order chi connectivity index (χ1) is 16.5. The number of nitrogens with one attached hydrogen (secondary N) is 1. The van der Waals surface area contributed by atoms with E-state index >= 15 is 0 Å². The van der Waals surface area contributed by atoms with Gasteiger partial charge >= 0.3 is 0 Å². The Labute approximate surface area is 198 Å². The summed E-state index contributed by atoms with van der Waals surface area (Å²) in [5, 5.41) is 24.8. The Kier molecular flexibility index (Phi) is 6.20. The molecule has 4 heterocycles. The second-order valence-corrected chi connectivity index (χ2v) is 8.64. The number of ether oxygens (including phenoxy) is 2. The Hall–Kier alpha value is -3.45. The molecule has 1 aromatic carbocycles. The van der Waals surface area contributed by atoms with E-state index in [1.54, 1.807) is 23.0 Å². The highest BCUT2D eigenvalue weighted by Crippen LogP contribution is 2.34. The molecule has 0 unspecified atom stereocenters. The fourth-order valence-electron chi connectivity index (χ4n) is 3.67. The van der Waals surface area contributed by atoms with Crippen LogP contribution >= 0.6 is 11.3 Å². The molecule has 0 radical (unpaired) electrons. The minimum Gasteiger partial charge on any atom is -0.484 e. The van der Waals surface area contributed by atoms with Crippen LogP contribution in [0.15, 0.2) is 42.0 Å². The second kappa shape index (κ2) is 9.43. The molecule has 176 valence electrons. The molecule has 0 bridgehead atoms. The Morgan fingerprint density at radius 1 is 1.29 bits per heavy atom. The number of benzene rings is 1. The van der Waals surface area contributed by atoms with Gasteiger partial charge in [-0.25, -0.2) is 15.0 Å². The summed E-state index contributed by atoms with van der Waals surface area (Å²) in [6.45, 7) is 1.36. The number of carbonyl (C=O) groups excluding carboxylic acids is 1. The molecule has 1 saturated heterocycles. The van der Waals surface area contributed by atoms with Crippen LogP contribution in [-0.2, 0) is 9.53 Å². The van der Waals surface area contributed by atoms with Crippen LogP contribution in [-0.4, -0.2) is 66.0 Å². The van der Waals surface area contributed by atoms with Crippen molar-refractivity contribution in [2.45, 2.75) is 31.8 Å². The van der Waals surface area contributed by atoms with Crippen molar-refractivity contribution in [3.05, 3.63) is 47.7 Å². The number of hydrogen-bond acceptors (Lipinski definition) is 10. The number of rotatable bonds is 7. The van der Waals surface area contributed by atoms with Crippen molar-refractivity contribution in [1.82, 2.24) is 24.5 Å². The smallest absolute Gasteiger partial charge is 0.264 e. The van der Waals surface area contributed by atoms with E-state index in [1.165, 1.54) is 11.3 Å². The van der Waals surface area contributed by atoms with E-state index in [2.05, 4.69) is 25.3 Å². The average molecular weight is 483 g/mol. The van der Waals surface area contributed by atoms with Crippen molar-refractivity contribution < 1.29 is 24.5 Å². The molecule has 1 aliphatic heterocycles. The molecule has 0 aliphatic carbocycles. The van der Waals surface area contributed by atoms with Gasteiger partial charge < -0.3 is 19.7 Å². The van der Waals surface area contributed by atoms with Crippen LogP contribution in [0.5, 0.6) is 5.75 Å². The molecular weight excluding hydrogens is 460 g/mol. The summed E-state index contributed by atoms with van der Waals surface area (Å²) in [6, 6.07) is 9.00. The molecule has 3 aromatic heterocycles. The van der Waals surface area contributed by atoms with Crippen LogP contribution in [0.25, 0.3) is 21.9 Å². The Balaban J connectivity index is 1.47. The van der Waals surface area contributed by atoms with Crippen LogP contribution in [0.1, 0.15) is 18.3 Å². The van der Waals surface area contributed by atoms with Gasteiger partial charge in [0.15, 0.2) is 12.3 Å². The molecule has 5 rings (SSSR count). The molecule has 34 heavy (non-hydrogen) atoms. The largest absolute Gasteiger partial charge is 0.484 e. The number of thiazole rings is 1. The lowest BCUT2D eigenvalue weighted by molar-refractivity contribution is -0.118. The van der Waals surface area contributed by atoms with Gasteiger partial charge in [0.1, 0.15) is 34.3 Å². The zero-order chi connectivity index (χ0) is 23.7. The van der Waals surface area contributed by atoms with Gasteiger partial charge in [0, 0.05) is 17.5 Å². The third kappa shape index (κ3) is 4.48. The number of anilines is 1. The van der Waals surface area contributed by atoms with E-state index < -0.39 is 24.3 Å². The number of para-hydroxylation sites is 1. The Bertz CT molecular complexity index is 1310. The number of hydrogen-bond donors (Lipinski definition) is 3. The SMILES string of the molecule is Cc1csc(-c2nc(NC(=O)COc3ccccc3)nc3c2ncn3[C@H]2C[C@H](O)[C@@H](CO)O2)n1. The van der Waals surface area contributed by atoms with E-state index in [9.17, 15) is 15.0 Å². The van der Waals surface area contributed by atoms with Crippen molar-refractivity contribution in [2.75, 3.05) is 18.5 Å². The van der Waals surface area contributed by atoms with Gasteiger partial charge in [-0.15, -0.1) is 11.3 Å². The summed E-state index contributed by atoms with van der Waals surface area (Å²) in [5.41, 5.74) is 2.20. The predicted octanol–water partition coefficient (Wildman–Crippen LogP) is 1.92. The van der Waals surface area contributed by atoms with Gasteiger partial charge in [-0.2, -0.15) is 4.98 Å². The highest BCUT2D eigenvalue weighted by molar-refractivity contribution is 7.13. The van der Waals surface area contributed by atoms with Crippen molar-refractivity contribution in [2.24, 2.45) is 0 Å². The maximum atomic E-state index is 12.5. The molecule has 0 spiro atoms. The lowest BCUT2D eigenvalue weighted by atomic mass is 10.2. The van der Waals surface area contributed by atoms with E-state index in [0.29, 0.717) is 27.6 Å². The molecule has 3 N–H and O–H groups in total. The van der Waals surface area contributed by atoms with Crippen LogP contribution in [0.4, 0.5) is 5.95 Å². The van der Waals surface area contributed by atoms with E-state index in [4.69, 9.17) is 9.47 Å². The summed E-state index contributed by atoms with van der Waals surface area (Å²) >= 11 is 1.41. The number of carbonyl (C=O) groups is 1. The molecule has 11 nitrogen and oxygen atoms in total. The topological polar surface area (TPSA) is 145 Å². The summed E-state index contributed by atoms with van der Waals surface area (Å²) in [5.74, 6) is 0.209. The van der Waals surface area contributed by atoms with Crippen molar-refractivity contribution in [3.8, 4) is 16.5 Å². The molecule has 4 aromatic rings. The summed E-state index contributed by atoms with van der Waals surface area (Å²) in [4.78, 5) is 30.5. The molecule has 1 aliphatic rings. The fourth-order valence-corrected chi connectivity index (χ4v) is 4.46. The van der Waals surface area contributed by atoms with Gasteiger partial charge in [-0.05, 0) is 19.1 Å². The third-order valence-electron chi connectivity index (χ3n) is 5.30. The van der Waals surface area contributed by atoms with E-state index in [0.717, 1.165) is 5.69 Å². The van der Waals surface area contributed by atoms with Crippen molar-refractivity contribution in [3.63, 3.8) is 0 Å². The first-order valence-corrected chi connectivity index (χ1v) is 11.5. The molecular formula is C22H22N6O5S. The van der Waals surface area contributed by atoms with E-state index in [1.807, 2.05) is 30.5 Å². The Morgan fingerprint density at radius 3 is 2.82 bits per heavy atom. The van der Waals surface area contributed by atoms with Crippen LogP contribution in [0.3, 0.4) is 0 Å². The quantitative estimate of drug-likeness (QED) is 0.360. The number of fused-ring (bicyclic) bond motifs is 1. The molecule has 1 amide bonds. The van der Waals surface area contributed by atoms with Gasteiger partial charge in [-0.3, -0.25) is 14.7 Å². The normalized spacial score (nSPS) is 20.0. The maximum Gasteiger partial charge on any atom is 0.264 e. The first kappa shape index (κ1) is 22.3. The van der Waals surface area contributed by atoms with Crippen LogP contribution < -0.4 is 10.1 Å². The summed E-state index contributed by atoms with van der Waals surface area (Å²) in [7, 11) is 0. The first-order valence-electron chi connectivity index (χ1n) is 10.6. The standard InChI is InChI=1S/C22H22N6O5S/c1-12-10-34-21(24-12)19-18-20(28(11-23-18)17-7-14(30)15(8-29)33-17)27-22(26-19)25-16(31)9-32-13-5-3-2-4-6-13/h2-6,10-11,14-15,17,29-30H,7-9H2,1H3,(H,25,26,27,31)/t14-,15+,17+/m0/s1. The molecule has 1 fully saturated rings. The van der Waals surface area contributed by atoms with Gasteiger partial charge in [0.25, 0.3) is 5.91 Å². The van der Waals surface area contributed by atoms with Crippen LogP contribution in [0.2, 0.25) is 0 Å². The maximum absolute atomic E-state index is 12.5. The summed E-state index contributed by atoms with van der Waals surface area (Å²) in [6.07, 6.45) is -0.281. The second-order valence-electron chi connectivity index (χ2n) is 7.78. The Morgan fingerprint density at radius 2 is 2.12 bits per heavy atom. The average Bonchev–Trinajstić information content (AvgIpc) is 3.56. The predicted molar refractivity (Wildman–Crippen MR) is 123 cm³/mol. The monoisotopic (exact) mass is 482 g/mol. The zero-order valence-corrected chi connectivity index (χ0v) is 19.0. The number of aromatic nitrogens is 5. The fraction of sp³-hybridized carbons (Fsp3) is 0.318. The molecule has 0 saturated carbocycles. The van der Waals surface area contributed by atoms with Gasteiger partial charge in [-0.1, -0.05) is 18.2 Å². The highest BCUT2D eigenvalue weighted by atomic mass is 32.1. The lowest BCUT2D eigenvalue weighted by Gasteiger charge is -2.14. The number of imidazole rings is 1. The third-order valence-corrected chi connectivity index (χ3v) is 6.27. The number of aliphatic hydroxyl groups is 2. The molecule has 3 atom stereocenters. The van der Waals surface area contributed by atoms with Gasteiger partial charge in [0.05, 0.1) is 19.0 Å². The highest BCUT2D eigenvalue weighted by Gasteiger charge is 2.35. The summed E-state index contributed by atoms with van der Waals surface area (Å²) < 4.78 is 12.9. The minimum absolute atomic E-state index is 0.0658. The number of nitrogens with zero attached hydrogens (tertiary/aromatic N) is 5.